The summed E-state index contributed by atoms with van der Waals surface area (Å²) in [6.45, 7) is 4.45. The SMILES string of the molecule is CCCCOc1ccc(C(=O)NCc2cc(C(=O)O)c(C)o2)cc1. The molecule has 0 fully saturated rings. The van der Waals surface area contributed by atoms with E-state index < -0.39 is 5.97 Å². The lowest BCUT2D eigenvalue weighted by atomic mass is 10.2. The number of hydrogen-bond acceptors (Lipinski definition) is 4. The van der Waals surface area contributed by atoms with Crippen LogP contribution in [0.5, 0.6) is 5.75 Å². The minimum atomic E-state index is -1.05. The quantitative estimate of drug-likeness (QED) is 0.724. The van der Waals surface area contributed by atoms with Crippen LogP contribution in [0.1, 0.15) is 52.0 Å². The van der Waals surface area contributed by atoms with Crippen molar-refractivity contribution in [3.05, 3.63) is 53.0 Å². The van der Waals surface area contributed by atoms with E-state index in [4.69, 9.17) is 14.3 Å². The second kappa shape index (κ2) is 8.19. The topological polar surface area (TPSA) is 88.8 Å². The summed E-state index contributed by atoms with van der Waals surface area (Å²) in [6, 6.07) is 8.30. The number of carboxylic acid groups (broad SMARTS) is 1. The Kier molecular flexibility index (Phi) is 6.01. The molecule has 1 aromatic heterocycles. The Labute approximate surface area is 140 Å². The zero-order chi connectivity index (χ0) is 17.5. The van der Waals surface area contributed by atoms with Gasteiger partial charge in [-0.05, 0) is 43.7 Å². The van der Waals surface area contributed by atoms with E-state index in [0.29, 0.717) is 23.7 Å². The highest BCUT2D eigenvalue weighted by Gasteiger charge is 2.14. The molecule has 1 heterocycles. The van der Waals surface area contributed by atoms with Crippen LogP contribution in [0.25, 0.3) is 0 Å². The van der Waals surface area contributed by atoms with Crippen LogP contribution >= 0.6 is 0 Å². The molecule has 1 aromatic carbocycles. The first-order chi connectivity index (χ1) is 11.5. The maximum atomic E-state index is 12.1. The fraction of sp³-hybridized carbons (Fsp3) is 0.333. The molecule has 6 nitrogen and oxygen atoms in total. The van der Waals surface area contributed by atoms with Gasteiger partial charge < -0.3 is 19.6 Å². The van der Waals surface area contributed by atoms with Crippen LogP contribution in [0.2, 0.25) is 0 Å². The third-order valence-corrected chi connectivity index (χ3v) is 3.51. The Balaban J connectivity index is 1.90. The maximum Gasteiger partial charge on any atom is 0.339 e. The van der Waals surface area contributed by atoms with Crippen LogP contribution in [0.4, 0.5) is 0 Å². The Morgan fingerprint density at radius 2 is 1.96 bits per heavy atom. The van der Waals surface area contributed by atoms with Gasteiger partial charge >= 0.3 is 5.97 Å². The van der Waals surface area contributed by atoms with E-state index in [1.165, 1.54) is 6.07 Å². The van der Waals surface area contributed by atoms with Crippen LogP contribution in [0, 0.1) is 6.92 Å². The van der Waals surface area contributed by atoms with Crippen LogP contribution in [0.15, 0.2) is 34.7 Å². The van der Waals surface area contributed by atoms with Gasteiger partial charge in [-0.1, -0.05) is 13.3 Å². The highest BCUT2D eigenvalue weighted by molar-refractivity contribution is 5.94. The fourth-order valence-corrected chi connectivity index (χ4v) is 2.15. The van der Waals surface area contributed by atoms with Gasteiger partial charge in [0.15, 0.2) is 0 Å². The maximum absolute atomic E-state index is 12.1. The zero-order valence-corrected chi connectivity index (χ0v) is 13.8. The predicted molar refractivity (Wildman–Crippen MR) is 88.4 cm³/mol. The molecule has 1 amide bonds. The van der Waals surface area contributed by atoms with Crippen molar-refractivity contribution >= 4 is 11.9 Å². The second-order valence-electron chi connectivity index (χ2n) is 5.40. The van der Waals surface area contributed by atoms with E-state index in [-0.39, 0.29) is 18.0 Å². The Morgan fingerprint density at radius 3 is 2.54 bits per heavy atom. The fourth-order valence-electron chi connectivity index (χ4n) is 2.15. The summed E-state index contributed by atoms with van der Waals surface area (Å²) in [5.74, 6) is 0.138. The van der Waals surface area contributed by atoms with Crippen molar-refractivity contribution in [3.63, 3.8) is 0 Å². The number of hydrogen-bond donors (Lipinski definition) is 2. The average Bonchev–Trinajstić information content (AvgIpc) is 2.95. The van der Waals surface area contributed by atoms with Gasteiger partial charge in [-0.3, -0.25) is 4.79 Å². The van der Waals surface area contributed by atoms with E-state index in [1.807, 2.05) is 0 Å². The Morgan fingerprint density at radius 1 is 1.25 bits per heavy atom. The molecule has 0 bridgehead atoms. The number of carbonyl (C=O) groups is 2. The van der Waals surface area contributed by atoms with Crippen LogP contribution < -0.4 is 10.1 Å². The van der Waals surface area contributed by atoms with Gasteiger partial charge in [0.2, 0.25) is 0 Å². The highest BCUT2D eigenvalue weighted by Crippen LogP contribution is 2.15. The van der Waals surface area contributed by atoms with Gasteiger partial charge in [0.05, 0.1) is 13.2 Å². The van der Waals surface area contributed by atoms with Crippen molar-refractivity contribution in [1.29, 1.82) is 0 Å². The predicted octanol–water partition coefficient (Wildman–Crippen LogP) is 3.40. The first kappa shape index (κ1) is 17.6. The molecule has 2 rings (SSSR count). The van der Waals surface area contributed by atoms with E-state index in [2.05, 4.69) is 12.2 Å². The molecule has 0 radical (unpaired) electrons. The van der Waals surface area contributed by atoms with Crippen molar-refractivity contribution in [2.24, 2.45) is 0 Å². The van der Waals surface area contributed by atoms with Crippen LogP contribution in [-0.2, 0) is 6.54 Å². The molecule has 128 valence electrons. The second-order valence-corrected chi connectivity index (χ2v) is 5.40. The van der Waals surface area contributed by atoms with Gasteiger partial charge in [-0.2, -0.15) is 0 Å². The Bertz CT molecular complexity index is 703. The first-order valence-electron chi connectivity index (χ1n) is 7.85. The number of furan rings is 1. The summed E-state index contributed by atoms with van der Waals surface area (Å²) in [5.41, 5.74) is 0.604. The number of ether oxygens (including phenoxy) is 1. The number of aromatic carboxylic acids is 1. The number of carboxylic acids is 1. The van der Waals surface area contributed by atoms with Gasteiger partial charge in [-0.25, -0.2) is 4.79 Å². The largest absolute Gasteiger partial charge is 0.494 e. The molecule has 0 spiro atoms. The third kappa shape index (κ3) is 4.62. The average molecular weight is 331 g/mol. The van der Waals surface area contributed by atoms with Crippen molar-refractivity contribution in [2.45, 2.75) is 33.2 Å². The molecular weight excluding hydrogens is 310 g/mol. The summed E-state index contributed by atoms with van der Waals surface area (Å²) in [6.07, 6.45) is 2.06. The standard InChI is InChI=1S/C18H21NO5/c1-3-4-9-23-14-7-5-13(6-8-14)17(20)19-11-15-10-16(18(21)22)12(2)24-15/h5-8,10H,3-4,9,11H2,1-2H3,(H,19,20)(H,21,22). The molecule has 24 heavy (non-hydrogen) atoms. The highest BCUT2D eigenvalue weighted by atomic mass is 16.5. The lowest BCUT2D eigenvalue weighted by Gasteiger charge is -2.07. The molecule has 6 heteroatoms. The van der Waals surface area contributed by atoms with Crippen molar-refractivity contribution < 1.29 is 23.8 Å². The summed E-state index contributed by atoms with van der Waals surface area (Å²) in [4.78, 5) is 23.1. The van der Waals surface area contributed by atoms with Crippen molar-refractivity contribution in [1.82, 2.24) is 5.32 Å². The van der Waals surface area contributed by atoms with E-state index in [0.717, 1.165) is 18.6 Å². The molecule has 0 atom stereocenters. The molecule has 0 saturated carbocycles. The van der Waals surface area contributed by atoms with E-state index in [9.17, 15) is 9.59 Å². The third-order valence-electron chi connectivity index (χ3n) is 3.51. The smallest absolute Gasteiger partial charge is 0.339 e. The van der Waals surface area contributed by atoms with E-state index >= 15 is 0 Å². The Hall–Kier alpha value is -2.76. The first-order valence-corrected chi connectivity index (χ1v) is 7.85. The minimum absolute atomic E-state index is 0.104. The van der Waals surface area contributed by atoms with Gasteiger partial charge in [0.1, 0.15) is 22.8 Å². The molecule has 0 aliphatic carbocycles. The number of aryl methyl sites for hydroxylation is 1. The van der Waals surface area contributed by atoms with Crippen molar-refractivity contribution in [3.8, 4) is 5.75 Å². The molecule has 0 aliphatic heterocycles. The lowest BCUT2D eigenvalue weighted by Crippen LogP contribution is -2.22. The number of carbonyl (C=O) groups excluding carboxylic acids is 1. The molecule has 0 saturated heterocycles. The summed E-state index contributed by atoms with van der Waals surface area (Å²) < 4.78 is 10.9. The van der Waals surface area contributed by atoms with Gasteiger partial charge in [0, 0.05) is 5.56 Å². The number of unbranched alkanes of at least 4 members (excludes halogenated alkanes) is 1. The van der Waals surface area contributed by atoms with Crippen LogP contribution in [0.3, 0.4) is 0 Å². The summed E-state index contributed by atoms with van der Waals surface area (Å²) in [7, 11) is 0. The molecule has 2 N–H and O–H groups in total. The zero-order valence-electron chi connectivity index (χ0n) is 13.8. The number of nitrogens with one attached hydrogen (secondary N) is 1. The molecule has 0 unspecified atom stereocenters. The summed E-state index contributed by atoms with van der Waals surface area (Å²) in [5, 5.41) is 11.7. The summed E-state index contributed by atoms with van der Waals surface area (Å²) >= 11 is 0. The van der Waals surface area contributed by atoms with Crippen molar-refractivity contribution in [2.75, 3.05) is 6.61 Å². The van der Waals surface area contributed by atoms with Gasteiger partial charge in [0.25, 0.3) is 5.91 Å². The van der Waals surface area contributed by atoms with E-state index in [1.54, 1.807) is 31.2 Å². The normalized spacial score (nSPS) is 10.4. The number of benzene rings is 1. The van der Waals surface area contributed by atoms with Crippen LogP contribution in [-0.4, -0.2) is 23.6 Å². The number of amides is 1. The van der Waals surface area contributed by atoms with Gasteiger partial charge in [-0.15, -0.1) is 0 Å². The molecule has 2 aromatic rings. The number of rotatable bonds is 8. The lowest BCUT2D eigenvalue weighted by molar-refractivity contribution is 0.0694. The molecular formula is C18H21NO5. The monoisotopic (exact) mass is 331 g/mol. The minimum Gasteiger partial charge on any atom is -0.494 e. The molecule has 0 aliphatic rings.